The van der Waals surface area contributed by atoms with Crippen molar-refractivity contribution in [2.75, 3.05) is 0 Å². The van der Waals surface area contributed by atoms with Crippen LogP contribution in [0, 0.1) is 10.1 Å². The zero-order chi connectivity index (χ0) is 13.3. The van der Waals surface area contributed by atoms with Crippen molar-refractivity contribution in [3.63, 3.8) is 0 Å². The third kappa shape index (κ3) is 2.14. The Morgan fingerprint density at radius 2 is 2.00 bits per heavy atom. The van der Waals surface area contributed by atoms with Gasteiger partial charge < -0.3 is 0 Å². The van der Waals surface area contributed by atoms with E-state index in [9.17, 15) is 23.3 Å². The highest BCUT2D eigenvalue weighted by atomic mass is 19.4. The quantitative estimate of drug-likeness (QED) is 0.611. The highest BCUT2D eigenvalue weighted by Gasteiger charge is 2.35. The van der Waals surface area contributed by atoms with Crippen molar-refractivity contribution in [1.82, 2.24) is 14.8 Å². The summed E-state index contributed by atoms with van der Waals surface area (Å²) in [6, 6.07) is 2.95. The fourth-order valence-corrected chi connectivity index (χ4v) is 1.31. The van der Waals surface area contributed by atoms with E-state index in [2.05, 4.69) is 10.1 Å². The molecule has 0 fully saturated rings. The predicted molar refractivity (Wildman–Crippen MR) is 53.0 cm³/mol. The molecule has 0 radical (unpaired) electrons. The first kappa shape index (κ1) is 12.0. The second-order valence-electron chi connectivity index (χ2n) is 3.26. The van der Waals surface area contributed by atoms with Crippen LogP contribution in [0.1, 0.15) is 5.69 Å². The molecule has 0 amide bonds. The first-order valence-corrected chi connectivity index (χ1v) is 4.61. The molecule has 0 unspecified atom stereocenters. The number of alkyl halides is 3. The molecule has 9 heteroatoms. The van der Waals surface area contributed by atoms with Crippen LogP contribution in [0.5, 0.6) is 0 Å². The number of pyridine rings is 1. The fraction of sp³-hybridized carbons (Fsp3) is 0.111. The highest BCUT2D eigenvalue weighted by Crippen LogP contribution is 2.30. The zero-order valence-corrected chi connectivity index (χ0v) is 8.63. The average molecular weight is 258 g/mol. The lowest BCUT2D eigenvalue weighted by molar-refractivity contribution is -0.385. The van der Waals surface area contributed by atoms with Crippen molar-refractivity contribution in [2.45, 2.75) is 6.18 Å². The summed E-state index contributed by atoms with van der Waals surface area (Å²) in [7, 11) is 0. The molecular formula is C9H5F3N4O2. The number of nitro groups is 1. The van der Waals surface area contributed by atoms with Gasteiger partial charge in [0, 0.05) is 6.07 Å². The molecule has 0 aliphatic heterocycles. The van der Waals surface area contributed by atoms with Gasteiger partial charge in [-0.15, -0.1) is 0 Å². The van der Waals surface area contributed by atoms with Gasteiger partial charge in [0.15, 0.2) is 5.82 Å². The summed E-state index contributed by atoms with van der Waals surface area (Å²) in [6.07, 6.45) is -2.72. The Labute approximate surface area is 97.8 Å². The molecular weight excluding hydrogens is 253 g/mol. The van der Waals surface area contributed by atoms with Crippen LogP contribution in [0.25, 0.3) is 5.82 Å². The van der Waals surface area contributed by atoms with Crippen LogP contribution in [0.4, 0.5) is 18.9 Å². The Hall–Kier alpha value is -2.45. The number of aromatic nitrogens is 3. The molecule has 2 heterocycles. The SMILES string of the molecule is O=[N+]([O-])c1ccc(-n2nccc2C(F)(F)F)nc1. The summed E-state index contributed by atoms with van der Waals surface area (Å²) in [4.78, 5) is 13.3. The summed E-state index contributed by atoms with van der Waals surface area (Å²) >= 11 is 0. The number of rotatable bonds is 2. The second-order valence-corrected chi connectivity index (χ2v) is 3.26. The summed E-state index contributed by atoms with van der Waals surface area (Å²) in [5, 5.41) is 13.9. The topological polar surface area (TPSA) is 73.8 Å². The molecule has 0 aliphatic rings. The third-order valence-corrected chi connectivity index (χ3v) is 2.09. The van der Waals surface area contributed by atoms with Crippen LogP contribution in [0.3, 0.4) is 0 Å². The lowest BCUT2D eigenvalue weighted by Crippen LogP contribution is -2.14. The van der Waals surface area contributed by atoms with E-state index < -0.39 is 16.8 Å². The molecule has 0 saturated carbocycles. The van der Waals surface area contributed by atoms with Crippen LogP contribution in [0.2, 0.25) is 0 Å². The molecule has 0 N–H and O–H groups in total. The smallest absolute Gasteiger partial charge is 0.258 e. The van der Waals surface area contributed by atoms with Gasteiger partial charge in [-0.05, 0) is 12.1 Å². The number of halogens is 3. The van der Waals surface area contributed by atoms with Crippen molar-refractivity contribution in [1.29, 1.82) is 0 Å². The van der Waals surface area contributed by atoms with Gasteiger partial charge in [-0.2, -0.15) is 18.3 Å². The Morgan fingerprint density at radius 1 is 1.28 bits per heavy atom. The van der Waals surface area contributed by atoms with Crippen LogP contribution >= 0.6 is 0 Å². The average Bonchev–Trinajstić information content (AvgIpc) is 2.77. The summed E-state index contributed by atoms with van der Waals surface area (Å²) in [5.74, 6) is -0.141. The number of nitrogens with zero attached hydrogens (tertiary/aromatic N) is 4. The lowest BCUT2D eigenvalue weighted by Gasteiger charge is -2.08. The van der Waals surface area contributed by atoms with Gasteiger partial charge in [-0.1, -0.05) is 0 Å². The molecule has 18 heavy (non-hydrogen) atoms. The fourth-order valence-electron chi connectivity index (χ4n) is 1.31. The molecule has 0 spiro atoms. The van der Waals surface area contributed by atoms with Crippen molar-refractivity contribution in [2.24, 2.45) is 0 Å². The first-order chi connectivity index (χ1) is 8.39. The van der Waals surface area contributed by atoms with Crippen molar-refractivity contribution in [3.8, 4) is 5.82 Å². The Kier molecular flexibility index (Phi) is 2.73. The second kappa shape index (κ2) is 4.09. The summed E-state index contributed by atoms with van der Waals surface area (Å²) < 4.78 is 38.3. The van der Waals surface area contributed by atoms with Gasteiger partial charge in [0.2, 0.25) is 0 Å². The van der Waals surface area contributed by atoms with Gasteiger partial charge >= 0.3 is 6.18 Å². The number of hydrogen-bond acceptors (Lipinski definition) is 4. The van der Waals surface area contributed by atoms with E-state index in [4.69, 9.17) is 0 Å². The van der Waals surface area contributed by atoms with E-state index >= 15 is 0 Å². The normalized spacial score (nSPS) is 11.5. The molecule has 0 bridgehead atoms. The molecule has 0 saturated heterocycles. The maximum absolute atomic E-state index is 12.6. The van der Waals surface area contributed by atoms with Crippen molar-refractivity contribution < 1.29 is 18.1 Å². The Morgan fingerprint density at radius 3 is 2.50 bits per heavy atom. The van der Waals surface area contributed by atoms with E-state index in [-0.39, 0.29) is 11.5 Å². The molecule has 94 valence electrons. The maximum Gasteiger partial charge on any atom is 0.433 e. The van der Waals surface area contributed by atoms with Gasteiger partial charge in [-0.25, -0.2) is 9.67 Å². The zero-order valence-electron chi connectivity index (χ0n) is 8.63. The van der Waals surface area contributed by atoms with Crippen molar-refractivity contribution in [3.05, 3.63) is 46.4 Å². The largest absolute Gasteiger partial charge is 0.433 e. The monoisotopic (exact) mass is 258 g/mol. The molecule has 0 atom stereocenters. The van der Waals surface area contributed by atoms with E-state index in [0.29, 0.717) is 4.68 Å². The molecule has 0 aromatic carbocycles. The first-order valence-electron chi connectivity index (χ1n) is 4.61. The van der Waals surface area contributed by atoms with E-state index in [1.165, 1.54) is 0 Å². The molecule has 2 aromatic heterocycles. The summed E-state index contributed by atoms with van der Waals surface area (Å²) in [5.41, 5.74) is -1.30. The van der Waals surface area contributed by atoms with Crippen LogP contribution in [-0.2, 0) is 6.18 Å². The van der Waals surface area contributed by atoms with Gasteiger partial charge in [0.25, 0.3) is 5.69 Å². The summed E-state index contributed by atoms with van der Waals surface area (Å²) in [6.45, 7) is 0. The van der Waals surface area contributed by atoms with Crippen LogP contribution < -0.4 is 0 Å². The number of hydrogen-bond donors (Lipinski definition) is 0. The lowest BCUT2D eigenvalue weighted by atomic mass is 10.4. The van der Waals surface area contributed by atoms with E-state index in [0.717, 1.165) is 30.6 Å². The minimum absolute atomic E-state index is 0.141. The van der Waals surface area contributed by atoms with Crippen LogP contribution in [-0.4, -0.2) is 19.7 Å². The van der Waals surface area contributed by atoms with E-state index in [1.807, 2.05) is 0 Å². The molecule has 6 nitrogen and oxygen atoms in total. The predicted octanol–water partition coefficient (Wildman–Crippen LogP) is 2.19. The molecule has 2 rings (SSSR count). The minimum Gasteiger partial charge on any atom is -0.258 e. The van der Waals surface area contributed by atoms with Gasteiger partial charge in [0.1, 0.15) is 11.9 Å². The van der Waals surface area contributed by atoms with E-state index in [1.54, 1.807) is 0 Å². The van der Waals surface area contributed by atoms with Gasteiger partial charge in [-0.3, -0.25) is 10.1 Å². The highest BCUT2D eigenvalue weighted by molar-refractivity contribution is 5.34. The maximum atomic E-state index is 12.6. The minimum atomic E-state index is -4.57. The van der Waals surface area contributed by atoms with Crippen LogP contribution in [0.15, 0.2) is 30.6 Å². The van der Waals surface area contributed by atoms with Crippen molar-refractivity contribution >= 4 is 5.69 Å². The van der Waals surface area contributed by atoms with Gasteiger partial charge in [0.05, 0.1) is 11.1 Å². The Balaban J connectivity index is 2.44. The Bertz CT molecular complexity index is 576. The third-order valence-electron chi connectivity index (χ3n) is 2.09. The standard InChI is InChI=1S/C9H5F3N4O2/c10-9(11,12)7-3-4-14-15(7)8-2-1-6(5-13-8)16(17)18/h1-5H. The molecule has 0 aliphatic carbocycles. The molecule has 2 aromatic rings.